The molecule has 88 valence electrons. The number of hydrogen-bond donors (Lipinski definition) is 2. The lowest BCUT2D eigenvalue weighted by atomic mass is 9.82. The van der Waals surface area contributed by atoms with Gasteiger partial charge in [-0.25, -0.2) is 0 Å². The van der Waals surface area contributed by atoms with Crippen LogP contribution in [-0.4, -0.2) is 25.2 Å². The van der Waals surface area contributed by atoms with Crippen molar-refractivity contribution in [2.45, 2.75) is 64.0 Å². The lowest BCUT2D eigenvalue weighted by Gasteiger charge is -2.33. The third kappa shape index (κ3) is 3.76. The zero-order chi connectivity index (χ0) is 10.5. The average molecular weight is 210 g/mol. The second-order valence-electron chi connectivity index (χ2n) is 5.52. The van der Waals surface area contributed by atoms with Gasteiger partial charge in [-0.2, -0.15) is 0 Å². The normalized spacial score (nSPS) is 36.2. The molecule has 15 heavy (non-hydrogen) atoms. The molecular formula is C13H26N2. The fourth-order valence-corrected chi connectivity index (χ4v) is 2.89. The second-order valence-corrected chi connectivity index (χ2v) is 5.52. The largest absolute Gasteiger partial charge is 0.314 e. The second kappa shape index (κ2) is 5.86. The Morgan fingerprint density at radius 1 is 1.27 bits per heavy atom. The van der Waals surface area contributed by atoms with Gasteiger partial charge < -0.3 is 10.6 Å². The van der Waals surface area contributed by atoms with Crippen molar-refractivity contribution < 1.29 is 0 Å². The van der Waals surface area contributed by atoms with Crippen molar-refractivity contribution in [3.05, 3.63) is 0 Å². The van der Waals surface area contributed by atoms with Gasteiger partial charge in [0.2, 0.25) is 0 Å². The van der Waals surface area contributed by atoms with Crippen LogP contribution in [0.2, 0.25) is 0 Å². The number of rotatable bonds is 5. The molecule has 1 saturated carbocycles. The summed E-state index contributed by atoms with van der Waals surface area (Å²) >= 11 is 0. The van der Waals surface area contributed by atoms with Gasteiger partial charge in [0.15, 0.2) is 0 Å². The lowest BCUT2D eigenvalue weighted by molar-refractivity contribution is 0.239. The van der Waals surface area contributed by atoms with Gasteiger partial charge in [0.05, 0.1) is 0 Å². The van der Waals surface area contributed by atoms with E-state index < -0.39 is 0 Å². The minimum absolute atomic E-state index is 0.820. The zero-order valence-corrected chi connectivity index (χ0v) is 10.1. The molecule has 2 N–H and O–H groups in total. The molecule has 1 aliphatic carbocycles. The molecule has 1 unspecified atom stereocenters. The smallest absolute Gasteiger partial charge is 0.00721 e. The van der Waals surface area contributed by atoms with E-state index in [0.717, 1.165) is 18.0 Å². The van der Waals surface area contributed by atoms with Crippen molar-refractivity contribution in [1.82, 2.24) is 10.6 Å². The average Bonchev–Trinajstić information content (AvgIpc) is 2.23. The van der Waals surface area contributed by atoms with Crippen LogP contribution in [0.5, 0.6) is 0 Å². The number of nitrogens with one attached hydrogen (secondary N) is 2. The maximum atomic E-state index is 3.66. The van der Waals surface area contributed by atoms with Gasteiger partial charge in [0.25, 0.3) is 0 Å². The molecule has 0 aromatic carbocycles. The van der Waals surface area contributed by atoms with E-state index in [9.17, 15) is 0 Å². The Balaban J connectivity index is 1.44. The fourth-order valence-electron chi connectivity index (χ4n) is 2.89. The monoisotopic (exact) mass is 210 g/mol. The summed E-state index contributed by atoms with van der Waals surface area (Å²) in [5, 5.41) is 7.28. The molecule has 2 fully saturated rings. The minimum atomic E-state index is 0.820. The van der Waals surface area contributed by atoms with Gasteiger partial charge in [-0.3, -0.25) is 0 Å². The van der Waals surface area contributed by atoms with Gasteiger partial charge in [0, 0.05) is 12.1 Å². The van der Waals surface area contributed by atoms with Crippen LogP contribution in [0, 0.1) is 5.92 Å². The molecule has 0 amide bonds. The number of hydrogen-bond acceptors (Lipinski definition) is 2. The zero-order valence-electron chi connectivity index (χ0n) is 10.1. The standard InChI is InChI=1S/C13H26N2/c1-11-9-13(10-11)15-8-4-6-12-5-2-3-7-14-12/h11-15H,2-10H2,1H3. The van der Waals surface area contributed by atoms with Crippen LogP contribution in [0.1, 0.15) is 51.9 Å². The van der Waals surface area contributed by atoms with Crippen LogP contribution in [0.3, 0.4) is 0 Å². The lowest BCUT2D eigenvalue weighted by Crippen LogP contribution is -2.41. The maximum Gasteiger partial charge on any atom is 0.00721 e. The Kier molecular flexibility index (Phi) is 4.45. The highest BCUT2D eigenvalue weighted by Crippen LogP contribution is 2.26. The first-order chi connectivity index (χ1) is 7.34. The predicted octanol–water partition coefficient (Wildman–Crippen LogP) is 2.30. The molecule has 2 nitrogen and oxygen atoms in total. The molecule has 0 bridgehead atoms. The van der Waals surface area contributed by atoms with Gasteiger partial charge in [-0.1, -0.05) is 13.3 Å². The quantitative estimate of drug-likeness (QED) is 0.680. The molecule has 1 saturated heterocycles. The summed E-state index contributed by atoms with van der Waals surface area (Å²) in [6, 6.07) is 1.67. The van der Waals surface area contributed by atoms with E-state index >= 15 is 0 Å². The van der Waals surface area contributed by atoms with Crippen LogP contribution in [0.15, 0.2) is 0 Å². The molecule has 2 rings (SSSR count). The SMILES string of the molecule is CC1CC(NCCCC2CCCCN2)C1. The first kappa shape index (κ1) is 11.4. The summed E-state index contributed by atoms with van der Waals surface area (Å²) in [6.45, 7) is 4.83. The van der Waals surface area contributed by atoms with E-state index in [4.69, 9.17) is 0 Å². The van der Waals surface area contributed by atoms with Crippen molar-refractivity contribution in [3.8, 4) is 0 Å². The maximum absolute atomic E-state index is 3.66. The molecule has 0 aromatic rings. The van der Waals surface area contributed by atoms with E-state index in [1.807, 2.05) is 0 Å². The minimum Gasteiger partial charge on any atom is -0.314 e. The first-order valence-electron chi connectivity index (χ1n) is 6.81. The van der Waals surface area contributed by atoms with Crippen molar-refractivity contribution in [2.24, 2.45) is 5.92 Å². The molecular weight excluding hydrogens is 184 g/mol. The summed E-state index contributed by atoms with van der Waals surface area (Å²) in [7, 11) is 0. The Morgan fingerprint density at radius 2 is 2.13 bits per heavy atom. The molecule has 2 aliphatic rings. The Bertz CT molecular complexity index is 169. The van der Waals surface area contributed by atoms with Crippen molar-refractivity contribution >= 4 is 0 Å². The molecule has 0 aromatic heterocycles. The third-order valence-corrected chi connectivity index (χ3v) is 3.95. The first-order valence-corrected chi connectivity index (χ1v) is 6.81. The van der Waals surface area contributed by atoms with Gasteiger partial charge >= 0.3 is 0 Å². The molecule has 1 aliphatic heterocycles. The predicted molar refractivity (Wildman–Crippen MR) is 65.1 cm³/mol. The highest BCUT2D eigenvalue weighted by atomic mass is 14.9. The van der Waals surface area contributed by atoms with Crippen LogP contribution in [0.25, 0.3) is 0 Å². The van der Waals surface area contributed by atoms with E-state index in [2.05, 4.69) is 17.6 Å². The van der Waals surface area contributed by atoms with Gasteiger partial charge in [-0.15, -0.1) is 0 Å². The van der Waals surface area contributed by atoms with Crippen molar-refractivity contribution in [1.29, 1.82) is 0 Å². The van der Waals surface area contributed by atoms with E-state index in [0.29, 0.717) is 0 Å². The molecule has 0 spiro atoms. The Hall–Kier alpha value is -0.0800. The molecule has 1 heterocycles. The topological polar surface area (TPSA) is 24.1 Å². The van der Waals surface area contributed by atoms with Gasteiger partial charge in [0.1, 0.15) is 0 Å². The Labute approximate surface area is 94.2 Å². The number of piperidine rings is 1. The summed E-state index contributed by atoms with van der Waals surface area (Å²) in [4.78, 5) is 0. The fraction of sp³-hybridized carbons (Fsp3) is 1.00. The van der Waals surface area contributed by atoms with Crippen molar-refractivity contribution in [2.75, 3.05) is 13.1 Å². The van der Waals surface area contributed by atoms with E-state index in [-0.39, 0.29) is 0 Å². The third-order valence-electron chi connectivity index (χ3n) is 3.95. The van der Waals surface area contributed by atoms with E-state index in [1.165, 1.54) is 58.0 Å². The summed E-state index contributed by atoms with van der Waals surface area (Å²) in [6.07, 6.45) is 9.75. The molecule has 2 heteroatoms. The Morgan fingerprint density at radius 3 is 2.80 bits per heavy atom. The van der Waals surface area contributed by atoms with Crippen LogP contribution in [-0.2, 0) is 0 Å². The van der Waals surface area contributed by atoms with Crippen LogP contribution < -0.4 is 10.6 Å². The van der Waals surface area contributed by atoms with Crippen molar-refractivity contribution in [3.63, 3.8) is 0 Å². The van der Waals surface area contributed by atoms with E-state index in [1.54, 1.807) is 0 Å². The molecule has 0 radical (unpaired) electrons. The van der Waals surface area contributed by atoms with Gasteiger partial charge in [-0.05, 0) is 57.5 Å². The van der Waals surface area contributed by atoms with Crippen LogP contribution in [0.4, 0.5) is 0 Å². The molecule has 1 atom stereocenters. The highest BCUT2D eigenvalue weighted by Gasteiger charge is 2.24. The highest BCUT2D eigenvalue weighted by molar-refractivity contribution is 4.82. The summed E-state index contributed by atoms with van der Waals surface area (Å²) in [5.74, 6) is 0.975. The summed E-state index contributed by atoms with van der Waals surface area (Å²) in [5.41, 5.74) is 0. The van der Waals surface area contributed by atoms with Crippen LogP contribution >= 0.6 is 0 Å². The summed E-state index contributed by atoms with van der Waals surface area (Å²) < 4.78 is 0.